The van der Waals surface area contributed by atoms with Gasteiger partial charge < -0.3 is 5.32 Å². The molecule has 2 heterocycles. The van der Waals surface area contributed by atoms with Crippen LogP contribution < -0.4 is 11.0 Å². The first-order valence-corrected chi connectivity index (χ1v) is 10.5. The van der Waals surface area contributed by atoms with Gasteiger partial charge in [-0.05, 0) is 50.9 Å². The maximum absolute atomic E-state index is 13.7. The van der Waals surface area contributed by atoms with E-state index in [4.69, 9.17) is 0 Å². The largest absolute Gasteiger partial charge is 0.345 e. The van der Waals surface area contributed by atoms with Gasteiger partial charge in [-0.2, -0.15) is 5.10 Å². The highest BCUT2D eigenvalue weighted by molar-refractivity contribution is 5.92. The first-order chi connectivity index (χ1) is 14.4. The number of piperidine rings is 1. The zero-order valence-corrected chi connectivity index (χ0v) is 17.1. The number of carbonyl (C=O) groups is 1. The van der Waals surface area contributed by atoms with E-state index in [0.29, 0.717) is 13.1 Å². The summed E-state index contributed by atoms with van der Waals surface area (Å²) in [6, 6.07) is 3.22. The number of amides is 1. The molecule has 1 aromatic heterocycles. The molecule has 0 unspecified atom stereocenters. The molecular formula is C21H27F2N5O2. The van der Waals surface area contributed by atoms with E-state index < -0.39 is 11.6 Å². The van der Waals surface area contributed by atoms with E-state index >= 15 is 0 Å². The second-order valence-electron chi connectivity index (χ2n) is 8.30. The molecule has 0 spiro atoms. The molecule has 0 radical (unpaired) electrons. The van der Waals surface area contributed by atoms with Crippen LogP contribution in [-0.2, 0) is 11.8 Å². The van der Waals surface area contributed by atoms with E-state index in [1.807, 2.05) is 9.47 Å². The fourth-order valence-corrected chi connectivity index (χ4v) is 4.62. The van der Waals surface area contributed by atoms with Crippen molar-refractivity contribution < 1.29 is 13.6 Å². The highest BCUT2D eigenvalue weighted by atomic mass is 19.1. The summed E-state index contributed by atoms with van der Waals surface area (Å²) in [5.74, 6) is -0.599. The number of hydrogen-bond donors (Lipinski definition) is 1. The first kappa shape index (κ1) is 20.7. The molecule has 9 heteroatoms. The summed E-state index contributed by atoms with van der Waals surface area (Å²) in [4.78, 5) is 26.9. The molecule has 7 nitrogen and oxygen atoms in total. The SMILES string of the molecule is Cn1nc(C2CCN(CC(=O)Nc3cc(F)ccc3F)CC2)n(C2CCCC2)c1=O. The number of aryl methyl sites for hydroxylation is 1. The molecule has 1 saturated heterocycles. The number of rotatable bonds is 5. The zero-order valence-electron chi connectivity index (χ0n) is 17.1. The minimum Gasteiger partial charge on any atom is -0.322 e. The van der Waals surface area contributed by atoms with Gasteiger partial charge in [-0.3, -0.25) is 14.3 Å². The Morgan fingerprint density at radius 3 is 2.57 bits per heavy atom. The maximum atomic E-state index is 13.7. The molecule has 4 rings (SSSR count). The van der Waals surface area contributed by atoms with Crippen LogP contribution in [0.2, 0.25) is 0 Å². The van der Waals surface area contributed by atoms with Crippen molar-refractivity contribution in [2.24, 2.45) is 7.05 Å². The van der Waals surface area contributed by atoms with E-state index in [-0.39, 0.29) is 35.8 Å². The molecule has 1 aliphatic carbocycles. The summed E-state index contributed by atoms with van der Waals surface area (Å²) >= 11 is 0. The van der Waals surface area contributed by atoms with Crippen molar-refractivity contribution in [1.29, 1.82) is 0 Å². The van der Waals surface area contributed by atoms with Crippen molar-refractivity contribution in [3.8, 4) is 0 Å². The molecule has 30 heavy (non-hydrogen) atoms. The van der Waals surface area contributed by atoms with Gasteiger partial charge in [0.15, 0.2) is 0 Å². The van der Waals surface area contributed by atoms with Crippen LogP contribution in [0, 0.1) is 11.6 Å². The van der Waals surface area contributed by atoms with E-state index in [0.717, 1.165) is 62.5 Å². The predicted octanol–water partition coefficient (Wildman–Crippen LogP) is 2.79. The van der Waals surface area contributed by atoms with Crippen LogP contribution in [0.15, 0.2) is 23.0 Å². The fourth-order valence-electron chi connectivity index (χ4n) is 4.62. The maximum Gasteiger partial charge on any atom is 0.345 e. The van der Waals surface area contributed by atoms with E-state index in [2.05, 4.69) is 10.4 Å². The van der Waals surface area contributed by atoms with E-state index in [9.17, 15) is 18.4 Å². The number of nitrogens with zero attached hydrogens (tertiary/aromatic N) is 4. The molecule has 162 valence electrons. The van der Waals surface area contributed by atoms with Crippen molar-refractivity contribution in [3.05, 3.63) is 46.1 Å². The molecule has 0 bridgehead atoms. The van der Waals surface area contributed by atoms with Gasteiger partial charge in [-0.1, -0.05) is 12.8 Å². The second-order valence-corrected chi connectivity index (χ2v) is 8.30. The number of nitrogens with one attached hydrogen (secondary N) is 1. The second kappa shape index (κ2) is 8.67. The summed E-state index contributed by atoms with van der Waals surface area (Å²) in [5, 5.41) is 6.97. The van der Waals surface area contributed by atoms with Crippen LogP contribution in [0.4, 0.5) is 14.5 Å². The molecule has 1 amide bonds. The van der Waals surface area contributed by atoms with Crippen molar-refractivity contribution in [1.82, 2.24) is 19.2 Å². The average Bonchev–Trinajstić information content (AvgIpc) is 3.34. The van der Waals surface area contributed by atoms with Crippen molar-refractivity contribution in [2.45, 2.75) is 50.5 Å². The molecular weight excluding hydrogens is 392 g/mol. The normalized spacial score (nSPS) is 18.8. The Labute approximate surface area is 173 Å². The van der Waals surface area contributed by atoms with Gasteiger partial charge in [0.1, 0.15) is 17.5 Å². The Bertz CT molecular complexity index is 972. The Morgan fingerprint density at radius 2 is 1.87 bits per heavy atom. The standard InChI is InChI=1S/C21H27F2N5O2/c1-26-21(30)28(16-4-2-3-5-16)20(25-26)14-8-10-27(11-9-14)13-19(29)24-18-12-15(22)6-7-17(18)23/h6-7,12,14,16H,2-5,8-11,13H2,1H3,(H,24,29). The van der Waals surface area contributed by atoms with Crippen LogP contribution in [0.1, 0.15) is 56.3 Å². The third kappa shape index (κ3) is 4.30. The molecule has 1 N–H and O–H groups in total. The lowest BCUT2D eigenvalue weighted by molar-refractivity contribution is -0.117. The Balaban J connectivity index is 1.36. The molecule has 2 fully saturated rings. The molecule has 2 aliphatic rings. The Hall–Kier alpha value is -2.55. The van der Waals surface area contributed by atoms with Gasteiger partial charge in [0, 0.05) is 25.1 Å². The molecule has 2 aromatic rings. The van der Waals surface area contributed by atoms with E-state index in [1.54, 1.807) is 7.05 Å². The first-order valence-electron chi connectivity index (χ1n) is 10.5. The summed E-state index contributed by atoms with van der Waals surface area (Å²) < 4.78 is 30.3. The fraction of sp³-hybridized carbons (Fsp3) is 0.571. The van der Waals surface area contributed by atoms with Gasteiger partial charge >= 0.3 is 5.69 Å². The third-order valence-electron chi connectivity index (χ3n) is 6.19. The topological polar surface area (TPSA) is 72.2 Å². The monoisotopic (exact) mass is 419 g/mol. The van der Waals surface area contributed by atoms with Gasteiger partial charge in [0.05, 0.1) is 12.2 Å². The molecule has 1 saturated carbocycles. The van der Waals surface area contributed by atoms with Gasteiger partial charge in [-0.25, -0.2) is 18.3 Å². The minimum absolute atomic E-state index is 0.0455. The van der Waals surface area contributed by atoms with Crippen LogP contribution in [0.3, 0.4) is 0 Å². The smallest absolute Gasteiger partial charge is 0.322 e. The van der Waals surface area contributed by atoms with Crippen molar-refractivity contribution >= 4 is 11.6 Å². The Kier molecular flexibility index (Phi) is 5.99. The number of halogens is 2. The van der Waals surface area contributed by atoms with Crippen molar-refractivity contribution in [3.63, 3.8) is 0 Å². The lowest BCUT2D eigenvalue weighted by Crippen LogP contribution is -2.39. The summed E-state index contributed by atoms with van der Waals surface area (Å²) in [5.41, 5.74) is -0.195. The lowest BCUT2D eigenvalue weighted by atomic mass is 9.95. The molecule has 1 aromatic carbocycles. The number of likely N-dealkylation sites (tertiary alicyclic amines) is 1. The summed E-state index contributed by atoms with van der Waals surface area (Å²) in [6.07, 6.45) is 5.92. The van der Waals surface area contributed by atoms with E-state index in [1.165, 1.54) is 4.68 Å². The number of hydrogen-bond acceptors (Lipinski definition) is 4. The van der Waals surface area contributed by atoms with Gasteiger partial charge in [0.2, 0.25) is 5.91 Å². The zero-order chi connectivity index (χ0) is 21.3. The molecule has 0 atom stereocenters. The lowest BCUT2D eigenvalue weighted by Gasteiger charge is -2.31. The van der Waals surface area contributed by atoms with Gasteiger partial charge in [-0.15, -0.1) is 0 Å². The summed E-state index contributed by atoms with van der Waals surface area (Å²) in [7, 11) is 1.70. The quantitative estimate of drug-likeness (QED) is 0.809. The number of anilines is 1. The highest BCUT2D eigenvalue weighted by Crippen LogP contribution is 2.33. The summed E-state index contributed by atoms with van der Waals surface area (Å²) in [6.45, 7) is 1.47. The number of aromatic nitrogens is 3. The van der Waals surface area contributed by atoms with Crippen LogP contribution in [0.5, 0.6) is 0 Å². The minimum atomic E-state index is -0.663. The Morgan fingerprint density at radius 1 is 1.17 bits per heavy atom. The third-order valence-corrected chi connectivity index (χ3v) is 6.19. The highest BCUT2D eigenvalue weighted by Gasteiger charge is 2.30. The predicted molar refractivity (Wildman–Crippen MR) is 108 cm³/mol. The molecule has 1 aliphatic heterocycles. The van der Waals surface area contributed by atoms with Crippen LogP contribution in [0.25, 0.3) is 0 Å². The average molecular weight is 419 g/mol. The number of carbonyl (C=O) groups excluding carboxylic acids is 1. The van der Waals surface area contributed by atoms with Crippen molar-refractivity contribution in [2.75, 3.05) is 25.0 Å². The van der Waals surface area contributed by atoms with Crippen LogP contribution in [-0.4, -0.2) is 44.8 Å². The van der Waals surface area contributed by atoms with Gasteiger partial charge in [0.25, 0.3) is 0 Å². The van der Waals surface area contributed by atoms with Crippen LogP contribution >= 0.6 is 0 Å². The number of benzene rings is 1.